The highest BCUT2D eigenvalue weighted by molar-refractivity contribution is 5.29. The molecule has 0 amide bonds. The lowest BCUT2D eigenvalue weighted by Crippen LogP contribution is -2.11. The van der Waals surface area contributed by atoms with Crippen molar-refractivity contribution in [2.45, 2.75) is 39.5 Å². The van der Waals surface area contributed by atoms with E-state index in [4.69, 9.17) is 9.47 Å². The summed E-state index contributed by atoms with van der Waals surface area (Å²) in [7, 11) is 1.65. The lowest BCUT2D eigenvalue weighted by Gasteiger charge is -2.15. The highest BCUT2D eigenvalue weighted by Gasteiger charge is 2.06. The summed E-state index contributed by atoms with van der Waals surface area (Å²) in [5, 5.41) is 0. The van der Waals surface area contributed by atoms with Gasteiger partial charge in [0.1, 0.15) is 11.5 Å². The average molecular weight is 235 g/mol. The molecule has 0 aliphatic carbocycles. The number of ether oxygens (including phenoxy) is 2. The molecule has 0 spiro atoms. The van der Waals surface area contributed by atoms with Gasteiger partial charge in [-0.05, 0) is 30.5 Å². The Morgan fingerprint density at radius 2 is 2.12 bits per heavy atom. The van der Waals surface area contributed by atoms with Crippen molar-refractivity contribution in [1.82, 2.24) is 0 Å². The Hall–Kier alpha value is -1.18. The smallest absolute Gasteiger partial charge is 0.127 e. The molecule has 0 saturated heterocycles. The van der Waals surface area contributed by atoms with Gasteiger partial charge < -0.3 is 9.47 Å². The molecule has 0 heterocycles. The molecule has 0 N–H and O–H groups in total. The van der Waals surface area contributed by atoms with Gasteiger partial charge in [-0.2, -0.15) is 0 Å². The summed E-state index contributed by atoms with van der Waals surface area (Å²) in [5.74, 6) is 2.28. The zero-order chi connectivity index (χ0) is 12.5. The monoisotopic (exact) mass is 235 g/mol. The van der Waals surface area contributed by atoms with Gasteiger partial charge in [-0.15, -0.1) is 0 Å². The molecular weight excluding hydrogens is 212 g/mol. The molecule has 1 unspecified atom stereocenters. The van der Waals surface area contributed by atoms with Crippen molar-refractivity contribution in [1.29, 1.82) is 0 Å². The van der Waals surface area contributed by atoms with E-state index in [1.54, 1.807) is 7.11 Å². The number of hydrogen-bond acceptors (Lipinski definition) is 2. The van der Waals surface area contributed by atoms with Gasteiger partial charge in [-0.1, -0.05) is 33.1 Å². The average Bonchev–Trinajstić information content (AvgIpc) is 2.39. The molecule has 1 rings (SSSR count). The number of unbranched alkanes of at least 4 members (excludes halogenated alkanes) is 1. The third kappa shape index (κ3) is 5.12. The number of rotatable bonds is 8. The van der Waals surface area contributed by atoms with Crippen molar-refractivity contribution in [2.24, 2.45) is 5.92 Å². The first kappa shape index (κ1) is 13.9. The maximum Gasteiger partial charge on any atom is 0.127 e. The Bertz CT molecular complexity index is 292. The molecule has 0 aromatic heterocycles. The second-order valence-corrected chi connectivity index (χ2v) is 4.32. The molecule has 2 heteroatoms. The van der Waals surface area contributed by atoms with Gasteiger partial charge >= 0.3 is 0 Å². The molecule has 1 radical (unpaired) electrons. The minimum Gasteiger partial charge on any atom is -0.497 e. The van der Waals surface area contributed by atoms with E-state index in [9.17, 15) is 0 Å². The van der Waals surface area contributed by atoms with Crippen molar-refractivity contribution in [3.63, 3.8) is 0 Å². The Labute approximate surface area is 105 Å². The van der Waals surface area contributed by atoms with Crippen LogP contribution in [-0.4, -0.2) is 13.7 Å². The van der Waals surface area contributed by atoms with Gasteiger partial charge in [-0.3, -0.25) is 0 Å². The highest BCUT2D eigenvalue weighted by atomic mass is 16.5. The van der Waals surface area contributed by atoms with Crippen molar-refractivity contribution in [3.8, 4) is 11.5 Å². The van der Waals surface area contributed by atoms with Crippen LogP contribution in [0.25, 0.3) is 0 Å². The zero-order valence-electron chi connectivity index (χ0n) is 11.2. The Balaban J connectivity index is 2.36. The molecule has 95 valence electrons. The van der Waals surface area contributed by atoms with Crippen LogP contribution in [-0.2, 0) is 0 Å². The normalized spacial score (nSPS) is 12.2. The molecule has 1 atom stereocenters. The highest BCUT2D eigenvalue weighted by Crippen LogP contribution is 2.19. The lowest BCUT2D eigenvalue weighted by molar-refractivity contribution is 0.232. The molecule has 0 aliphatic rings. The van der Waals surface area contributed by atoms with Crippen LogP contribution in [0.4, 0.5) is 0 Å². The van der Waals surface area contributed by atoms with Crippen molar-refractivity contribution < 1.29 is 9.47 Å². The third-order valence-electron chi connectivity index (χ3n) is 3.01. The molecule has 2 nitrogen and oxygen atoms in total. The second-order valence-electron chi connectivity index (χ2n) is 4.32. The summed E-state index contributed by atoms with van der Waals surface area (Å²) < 4.78 is 10.8. The first-order chi connectivity index (χ1) is 8.30. The summed E-state index contributed by atoms with van der Waals surface area (Å²) in [6, 6.07) is 8.69. The summed E-state index contributed by atoms with van der Waals surface area (Å²) in [6.07, 6.45) is 4.97. The zero-order valence-corrected chi connectivity index (χ0v) is 11.2. The van der Waals surface area contributed by atoms with Gasteiger partial charge in [-0.25, -0.2) is 0 Å². The summed E-state index contributed by atoms with van der Waals surface area (Å²) in [4.78, 5) is 0. The fourth-order valence-corrected chi connectivity index (χ4v) is 1.72. The van der Waals surface area contributed by atoms with Crippen molar-refractivity contribution in [3.05, 3.63) is 24.3 Å². The van der Waals surface area contributed by atoms with Crippen molar-refractivity contribution >= 4 is 0 Å². The first-order valence-electron chi connectivity index (χ1n) is 6.48. The van der Waals surface area contributed by atoms with Crippen LogP contribution in [0.5, 0.6) is 11.5 Å². The fourth-order valence-electron chi connectivity index (χ4n) is 1.72. The van der Waals surface area contributed by atoms with Crippen LogP contribution in [0, 0.1) is 12.0 Å². The minimum atomic E-state index is 0.658. The first-order valence-corrected chi connectivity index (χ1v) is 6.48. The van der Waals surface area contributed by atoms with Crippen molar-refractivity contribution in [2.75, 3.05) is 13.7 Å². The quantitative estimate of drug-likeness (QED) is 0.675. The van der Waals surface area contributed by atoms with Gasteiger partial charge in [0, 0.05) is 6.07 Å². The van der Waals surface area contributed by atoms with E-state index >= 15 is 0 Å². The van der Waals surface area contributed by atoms with Crippen LogP contribution in [0.3, 0.4) is 0 Å². The largest absolute Gasteiger partial charge is 0.497 e. The standard InChI is InChI=1S/C15H23O2/c1-4-6-7-13(5-2)12-17-15-10-8-14(16-3)9-11-15/h8-10,13H,4-7,12H2,1-3H3. The SMILES string of the molecule is CCCCC(CC)COc1[c]cc(OC)cc1. The summed E-state index contributed by atoms with van der Waals surface area (Å²) in [5.41, 5.74) is 0. The number of hydrogen-bond donors (Lipinski definition) is 0. The molecule has 0 aliphatic heterocycles. The Morgan fingerprint density at radius 3 is 2.65 bits per heavy atom. The van der Waals surface area contributed by atoms with E-state index in [-0.39, 0.29) is 0 Å². The minimum absolute atomic E-state index is 0.658. The summed E-state index contributed by atoms with van der Waals surface area (Å²) >= 11 is 0. The van der Waals surface area contributed by atoms with Gasteiger partial charge in [0.15, 0.2) is 0 Å². The predicted octanol–water partition coefficient (Wildman–Crippen LogP) is 4.09. The molecular formula is C15H23O2. The van der Waals surface area contributed by atoms with Crippen LogP contribution in [0.1, 0.15) is 39.5 Å². The van der Waals surface area contributed by atoms with E-state index in [0.29, 0.717) is 5.92 Å². The van der Waals surface area contributed by atoms with Crippen LogP contribution < -0.4 is 9.47 Å². The lowest BCUT2D eigenvalue weighted by atomic mass is 10.0. The Morgan fingerprint density at radius 1 is 1.29 bits per heavy atom. The number of benzene rings is 1. The van der Waals surface area contributed by atoms with E-state index in [1.807, 2.05) is 18.2 Å². The van der Waals surface area contributed by atoms with Crippen LogP contribution in [0.2, 0.25) is 0 Å². The fraction of sp³-hybridized carbons (Fsp3) is 0.600. The van der Waals surface area contributed by atoms with Crippen LogP contribution >= 0.6 is 0 Å². The van der Waals surface area contributed by atoms with Gasteiger partial charge in [0.2, 0.25) is 0 Å². The summed E-state index contributed by atoms with van der Waals surface area (Å²) in [6.45, 7) is 5.24. The van der Waals surface area contributed by atoms with E-state index in [1.165, 1.54) is 25.7 Å². The van der Waals surface area contributed by atoms with E-state index in [2.05, 4.69) is 19.9 Å². The molecule has 1 aromatic rings. The molecule has 1 aromatic carbocycles. The molecule has 0 fully saturated rings. The van der Waals surface area contributed by atoms with Crippen LogP contribution in [0.15, 0.2) is 18.2 Å². The predicted molar refractivity (Wildman–Crippen MR) is 70.6 cm³/mol. The van der Waals surface area contributed by atoms with Gasteiger partial charge in [0.25, 0.3) is 0 Å². The van der Waals surface area contributed by atoms with Gasteiger partial charge in [0.05, 0.1) is 13.7 Å². The number of methoxy groups -OCH3 is 1. The second kappa shape index (κ2) is 7.99. The Kier molecular flexibility index (Phi) is 6.53. The molecule has 0 saturated carbocycles. The molecule has 0 bridgehead atoms. The topological polar surface area (TPSA) is 18.5 Å². The maximum absolute atomic E-state index is 5.74. The molecule has 17 heavy (non-hydrogen) atoms. The van der Waals surface area contributed by atoms with E-state index in [0.717, 1.165) is 18.1 Å². The van der Waals surface area contributed by atoms with E-state index < -0.39 is 0 Å². The maximum atomic E-state index is 5.74. The third-order valence-corrected chi connectivity index (χ3v) is 3.01.